The largest absolute Gasteiger partial charge is 0.302 e. The van der Waals surface area contributed by atoms with Crippen molar-refractivity contribution in [2.45, 2.75) is 51.2 Å². The number of rotatable bonds is 8. The summed E-state index contributed by atoms with van der Waals surface area (Å²) in [6.45, 7) is 7.42. The highest BCUT2D eigenvalue weighted by Gasteiger charge is 2.36. The monoisotopic (exact) mass is 509 g/mol. The molecule has 3 aromatic rings. The third-order valence-corrected chi connectivity index (χ3v) is 8.66. The molecule has 2 aromatic heterocycles. The number of nitrogens with zero attached hydrogens (tertiary/aromatic N) is 4. The molecule has 1 N–H and O–H groups in total. The first-order chi connectivity index (χ1) is 16.7. The van der Waals surface area contributed by atoms with Gasteiger partial charge >= 0.3 is 0 Å². The highest BCUT2D eigenvalue weighted by Crippen LogP contribution is 2.43. The lowest BCUT2D eigenvalue weighted by Crippen LogP contribution is -2.26. The Labute approximate surface area is 209 Å². The number of carbonyl (C=O) groups is 1. The highest BCUT2D eigenvalue weighted by molar-refractivity contribution is 7.91. The first kappa shape index (κ1) is 25.0. The molecule has 3 heterocycles. The molecule has 1 aromatic carbocycles. The number of hydrogen-bond donors (Lipinski definition) is 1. The topological polar surface area (TPSA) is 116 Å². The zero-order valence-electron chi connectivity index (χ0n) is 19.9. The van der Waals surface area contributed by atoms with Crippen LogP contribution in [0.3, 0.4) is 0 Å². The van der Waals surface area contributed by atoms with Crippen LogP contribution in [0, 0.1) is 17.2 Å². The lowest BCUT2D eigenvalue weighted by atomic mass is 10.0. The van der Waals surface area contributed by atoms with Crippen molar-refractivity contribution in [2.24, 2.45) is 5.92 Å². The molecule has 8 nitrogen and oxygen atoms in total. The molecule has 0 unspecified atom stereocenters. The van der Waals surface area contributed by atoms with Crippen molar-refractivity contribution in [3.05, 3.63) is 70.0 Å². The molecule has 10 heteroatoms. The van der Waals surface area contributed by atoms with Crippen LogP contribution in [-0.2, 0) is 34.1 Å². The Balaban J connectivity index is 1.41. The van der Waals surface area contributed by atoms with Crippen molar-refractivity contribution in [2.75, 3.05) is 11.1 Å². The predicted octanol–water partition coefficient (Wildman–Crippen LogP) is 4.10. The molecule has 0 saturated heterocycles. The van der Waals surface area contributed by atoms with Gasteiger partial charge in [-0.3, -0.25) is 14.7 Å². The molecule has 0 saturated carbocycles. The number of aromatic nitrogens is 2. The van der Waals surface area contributed by atoms with Crippen LogP contribution in [0.25, 0.3) is 0 Å². The second-order valence-electron chi connectivity index (χ2n) is 8.84. The minimum Gasteiger partial charge on any atom is -0.302 e. The van der Waals surface area contributed by atoms with E-state index >= 15 is 0 Å². The van der Waals surface area contributed by atoms with E-state index in [9.17, 15) is 13.2 Å². The average Bonchev–Trinajstić information content (AvgIpc) is 3.36. The Hall–Kier alpha value is -3.13. The van der Waals surface area contributed by atoms with E-state index in [1.807, 2.05) is 24.3 Å². The maximum Gasteiger partial charge on any atom is 0.232 e. The van der Waals surface area contributed by atoms with Gasteiger partial charge in [0.05, 0.1) is 40.4 Å². The summed E-state index contributed by atoms with van der Waals surface area (Å²) in [5.41, 5.74) is 3.29. The van der Waals surface area contributed by atoms with E-state index in [2.05, 4.69) is 35.1 Å². The molecular formula is C25H27N5O3S2. The number of hydrogen-bond acceptors (Lipinski definition) is 8. The fourth-order valence-corrected chi connectivity index (χ4v) is 6.09. The van der Waals surface area contributed by atoms with Gasteiger partial charge in [0, 0.05) is 29.9 Å². The summed E-state index contributed by atoms with van der Waals surface area (Å²) in [6, 6.07) is 13.0. The summed E-state index contributed by atoms with van der Waals surface area (Å²) in [5.74, 6) is 0.0971. The predicted molar refractivity (Wildman–Crippen MR) is 134 cm³/mol. The fourth-order valence-electron chi connectivity index (χ4n) is 4.22. The van der Waals surface area contributed by atoms with Crippen molar-refractivity contribution < 1.29 is 13.2 Å². The number of anilines is 1. The van der Waals surface area contributed by atoms with Gasteiger partial charge in [0.1, 0.15) is 0 Å². The molecule has 1 aliphatic heterocycles. The number of thiazole rings is 1. The third-order valence-electron chi connectivity index (χ3n) is 5.97. The Kier molecular flexibility index (Phi) is 7.31. The van der Waals surface area contributed by atoms with Gasteiger partial charge in [0.25, 0.3) is 0 Å². The molecule has 35 heavy (non-hydrogen) atoms. The minimum absolute atomic E-state index is 0.00546. The minimum atomic E-state index is -3.32. The van der Waals surface area contributed by atoms with Crippen molar-refractivity contribution >= 4 is 32.2 Å². The zero-order valence-corrected chi connectivity index (χ0v) is 21.5. The second kappa shape index (κ2) is 10.2. The summed E-state index contributed by atoms with van der Waals surface area (Å²) in [7, 11) is -3.32. The van der Waals surface area contributed by atoms with Crippen LogP contribution in [0.2, 0.25) is 0 Å². The van der Waals surface area contributed by atoms with Crippen LogP contribution in [0.5, 0.6) is 0 Å². The van der Waals surface area contributed by atoms with Gasteiger partial charge in [-0.05, 0) is 35.7 Å². The van der Waals surface area contributed by atoms with Gasteiger partial charge in [-0.25, -0.2) is 13.4 Å². The lowest BCUT2D eigenvalue weighted by Gasteiger charge is -2.27. The van der Waals surface area contributed by atoms with E-state index in [0.29, 0.717) is 22.3 Å². The standard InChI is InChI=1S/C25H27N5O3S2/c1-4-35(32,33)20-10-9-19(27-13-20)11-22(31)28-25-29-23-21(34-25)15-30(24(23)16(2)3)14-18-7-5-17(12-26)6-8-18/h5-10,13,16,24H,4,11,14-15H2,1-3H3,(H,28,29,31)/t24-/m0/s1. The highest BCUT2D eigenvalue weighted by atomic mass is 32.2. The van der Waals surface area contributed by atoms with Crippen LogP contribution >= 0.6 is 11.3 Å². The van der Waals surface area contributed by atoms with E-state index in [4.69, 9.17) is 10.2 Å². The van der Waals surface area contributed by atoms with Gasteiger partial charge < -0.3 is 5.32 Å². The van der Waals surface area contributed by atoms with Crippen LogP contribution in [0.1, 0.15) is 54.2 Å². The van der Waals surface area contributed by atoms with Gasteiger partial charge in [0.2, 0.25) is 5.91 Å². The van der Waals surface area contributed by atoms with Crippen LogP contribution in [0.4, 0.5) is 5.13 Å². The summed E-state index contributed by atoms with van der Waals surface area (Å²) >= 11 is 1.48. The molecule has 1 amide bonds. The quantitative estimate of drug-likeness (QED) is 0.486. The smallest absolute Gasteiger partial charge is 0.232 e. The van der Waals surface area contributed by atoms with Crippen LogP contribution in [0.15, 0.2) is 47.5 Å². The maximum absolute atomic E-state index is 12.6. The Bertz CT molecular complexity index is 1360. The number of nitriles is 1. The summed E-state index contributed by atoms with van der Waals surface area (Å²) in [4.78, 5) is 25.2. The first-order valence-corrected chi connectivity index (χ1v) is 13.9. The molecule has 0 aliphatic carbocycles. The van der Waals surface area contributed by atoms with Crippen LogP contribution in [-0.4, -0.2) is 34.9 Å². The van der Waals surface area contributed by atoms with E-state index in [-0.39, 0.29) is 29.0 Å². The normalized spacial score (nSPS) is 15.7. The van der Waals surface area contributed by atoms with Crippen molar-refractivity contribution in [1.29, 1.82) is 5.26 Å². The molecule has 0 spiro atoms. The summed E-state index contributed by atoms with van der Waals surface area (Å²) in [6.07, 6.45) is 1.34. The third kappa shape index (κ3) is 5.59. The molecule has 4 rings (SSSR count). The molecule has 1 aliphatic rings. The molecule has 182 valence electrons. The summed E-state index contributed by atoms with van der Waals surface area (Å²) in [5, 5.41) is 12.5. The molecular weight excluding hydrogens is 482 g/mol. The second-order valence-corrected chi connectivity index (χ2v) is 12.2. The van der Waals surface area contributed by atoms with Crippen molar-refractivity contribution in [1.82, 2.24) is 14.9 Å². The molecule has 0 bridgehead atoms. The first-order valence-electron chi connectivity index (χ1n) is 11.4. The van der Waals surface area contributed by atoms with E-state index < -0.39 is 9.84 Å². The number of benzene rings is 1. The number of pyridine rings is 1. The van der Waals surface area contributed by atoms with Gasteiger partial charge in [-0.15, -0.1) is 11.3 Å². The summed E-state index contributed by atoms with van der Waals surface area (Å²) < 4.78 is 23.9. The molecule has 1 atom stereocenters. The van der Waals surface area contributed by atoms with E-state index in [1.54, 1.807) is 13.0 Å². The fraction of sp³-hybridized carbons (Fsp3) is 0.360. The SMILES string of the molecule is CCS(=O)(=O)c1ccc(CC(=O)Nc2nc3c(s2)CN(Cc2ccc(C#N)cc2)[C@H]3C(C)C)nc1. The van der Waals surface area contributed by atoms with Crippen molar-refractivity contribution in [3.8, 4) is 6.07 Å². The Morgan fingerprint density at radius 1 is 1.26 bits per heavy atom. The maximum atomic E-state index is 12.6. The number of nitrogens with one attached hydrogen (secondary N) is 1. The number of carbonyl (C=O) groups excluding carboxylic acids is 1. The number of amides is 1. The lowest BCUT2D eigenvalue weighted by molar-refractivity contribution is -0.115. The van der Waals surface area contributed by atoms with E-state index in [1.165, 1.54) is 23.6 Å². The average molecular weight is 510 g/mol. The van der Waals surface area contributed by atoms with E-state index in [0.717, 1.165) is 29.2 Å². The molecule has 0 fully saturated rings. The van der Waals surface area contributed by atoms with Crippen molar-refractivity contribution in [3.63, 3.8) is 0 Å². The Morgan fingerprint density at radius 2 is 2.00 bits per heavy atom. The number of fused-ring (bicyclic) bond motifs is 1. The van der Waals surface area contributed by atoms with Gasteiger partial charge in [-0.2, -0.15) is 5.26 Å². The number of sulfone groups is 1. The van der Waals surface area contributed by atoms with Crippen LogP contribution < -0.4 is 5.32 Å². The Morgan fingerprint density at radius 3 is 2.60 bits per heavy atom. The van der Waals surface area contributed by atoms with Gasteiger partial charge in [0.15, 0.2) is 15.0 Å². The molecule has 0 radical (unpaired) electrons. The van der Waals surface area contributed by atoms with Gasteiger partial charge in [-0.1, -0.05) is 32.9 Å². The zero-order chi connectivity index (χ0) is 25.2.